The highest BCUT2D eigenvalue weighted by Crippen LogP contribution is 2.28. The Labute approximate surface area is 172 Å². The zero-order valence-corrected chi connectivity index (χ0v) is 16.1. The number of esters is 1. The molecule has 0 unspecified atom stereocenters. The molecule has 7 heteroatoms. The first-order chi connectivity index (χ1) is 14.6. The van der Waals surface area contributed by atoms with E-state index in [0.29, 0.717) is 17.0 Å². The Balaban J connectivity index is 1.84. The van der Waals surface area contributed by atoms with Crippen molar-refractivity contribution in [3.05, 3.63) is 88.7 Å². The number of nitro groups is 1. The van der Waals surface area contributed by atoms with Crippen molar-refractivity contribution in [2.75, 3.05) is 6.61 Å². The van der Waals surface area contributed by atoms with E-state index in [-0.39, 0.29) is 18.0 Å². The van der Waals surface area contributed by atoms with Crippen LogP contribution in [0.2, 0.25) is 0 Å². The van der Waals surface area contributed by atoms with E-state index in [0.717, 1.165) is 16.3 Å². The minimum atomic E-state index is -0.594. The predicted molar refractivity (Wildman–Crippen MR) is 113 cm³/mol. The minimum Gasteiger partial charge on any atom is -0.461 e. The Bertz CT molecular complexity index is 1250. The maximum atomic E-state index is 12.4. The van der Waals surface area contributed by atoms with Crippen LogP contribution in [0.4, 0.5) is 5.69 Å². The highest BCUT2D eigenvalue weighted by molar-refractivity contribution is 5.95. The highest BCUT2D eigenvalue weighted by atomic mass is 16.6. The summed E-state index contributed by atoms with van der Waals surface area (Å²) < 4.78 is 5.11. The molecule has 4 aromatic rings. The molecule has 0 spiro atoms. The van der Waals surface area contributed by atoms with Crippen LogP contribution in [0.3, 0.4) is 0 Å². The number of hydrogen-bond donors (Lipinski definition) is 0. The fourth-order valence-electron chi connectivity index (χ4n) is 3.17. The van der Waals surface area contributed by atoms with Crippen molar-refractivity contribution in [2.45, 2.75) is 6.92 Å². The maximum absolute atomic E-state index is 12.4. The number of ether oxygens (including phenoxy) is 1. The molecule has 1 heterocycles. The van der Waals surface area contributed by atoms with Crippen molar-refractivity contribution in [3.8, 4) is 22.5 Å². The van der Waals surface area contributed by atoms with Gasteiger partial charge >= 0.3 is 5.97 Å². The number of hydrogen-bond acceptors (Lipinski definition) is 6. The Hall–Kier alpha value is -4.13. The lowest BCUT2D eigenvalue weighted by molar-refractivity contribution is -0.384. The molecule has 148 valence electrons. The molecule has 0 amide bonds. The van der Waals surface area contributed by atoms with Gasteiger partial charge in [0, 0.05) is 23.3 Å². The van der Waals surface area contributed by atoms with Gasteiger partial charge in [-0.05, 0) is 35.9 Å². The second kappa shape index (κ2) is 8.08. The molecule has 7 nitrogen and oxygen atoms in total. The molecule has 0 radical (unpaired) electrons. The third-order valence-electron chi connectivity index (χ3n) is 4.64. The summed E-state index contributed by atoms with van der Waals surface area (Å²) >= 11 is 0. The van der Waals surface area contributed by atoms with E-state index in [9.17, 15) is 14.9 Å². The molecule has 0 aliphatic rings. The van der Waals surface area contributed by atoms with Gasteiger partial charge in [0.1, 0.15) is 5.69 Å². The first-order valence-corrected chi connectivity index (χ1v) is 9.35. The maximum Gasteiger partial charge on any atom is 0.359 e. The quantitative estimate of drug-likeness (QED) is 0.265. The summed E-state index contributed by atoms with van der Waals surface area (Å²) in [6, 6.07) is 19.8. The monoisotopic (exact) mass is 399 g/mol. The topological polar surface area (TPSA) is 95.2 Å². The van der Waals surface area contributed by atoms with Crippen LogP contribution in [0, 0.1) is 10.1 Å². The zero-order chi connectivity index (χ0) is 21.1. The molecule has 0 N–H and O–H groups in total. The number of fused-ring (bicyclic) bond motifs is 1. The van der Waals surface area contributed by atoms with Crippen molar-refractivity contribution < 1.29 is 14.5 Å². The first-order valence-electron chi connectivity index (χ1n) is 9.35. The van der Waals surface area contributed by atoms with Gasteiger partial charge in [0.2, 0.25) is 0 Å². The van der Waals surface area contributed by atoms with Gasteiger partial charge in [-0.25, -0.2) is 14.8 Å². The summed E-state index contributed by atoms with van der Waals surface area (Å²) in [4.78, 5) is 31.9. The van der Waals surface area contributed by atoms with Crippen LogP contribution < -0.4 is 0 Å². The van der Waals surface area contributed by atoms with E-state index in [4.69, 9.17) is 4.74 Å². The lowest BCUT2D eigenvalue weighted by Gasteiger charge is -2.10. The summed E-state index contributed by atoms with van der Waals surface area (Å²) in [5, 5.41) is 13.1. The SMILES string of the molecule is CCOC(=O)c1ncc(-c2ccc3ccccc3c2)nc1-c1ccc([N+](=O)[O-])cc1. The summed E-state index contributed by atoms with van der Waals surface area (Å²) in [6.45, 7) is 1.91. The van der Waals surface area contributed by atoms with E-state index < -0.39 is 10.9 Å². The van der Waals surface area contributed by atoms with Crippen molar-refractivity contribution in [3.63, 3.8) is 0 Å². The number of carbonyl (C=O) groups excluding carboxylic acids is 1. The Kier molecular flexibility index (Phi) is 5.17. The molecule has 0 bridgehead atoms. The number of non-ortho nitro benzene ring substituents is 1. The van der Waals surface area contributed by atoms with Crippen molar-refractivity contribution in [1.29, 1.82) is 0 Å². The summed E-state index contributed by atoms with van der Waals surface area (Å²) in [5.74, 6) is -0.594. The third kappa shape index (κ3) is 3.73. The molecular formula is C23H17N3O4. The molecule has 3 aromatic carbocycles. The van der Waals surface area contributed by atoms with E-state index in [1.807, 2.05) is 42.5 Å². The lowest BCUT2D eigenvalue weighted by atomic mass is 10.0. The number of benzene rings is 3. The average molecular weight is 399 g/mol. The Morgan fingerprint density at radius 1 is 1.00 bits per heavy atom. The Morgan fingerprint density at radius 3 is 2.40 bits per heavy atom. The van der Waals surface area contributed by atoms with Crippen molar-refractivity contribution in [1.82, 2.24) is 9.97 Å². The van der Waals surface area contributed by atoms with Crippen LogP contribution in [0.15, 0.2) is 72.9 Å². The molecule has 0 saturated heterocycles. The minimum absolute atomic E-state index is 0.0462. The lowest BCUT2D eigenvalue weighted by Crippen LogP contribution is -2.10. The Morgan fingerprint density at radius 2 is 1.70 bits per heavy atom. The van der Waals surface area contributed by atoms with Crippen LogP contribution >= 0.6 is 0 Å². The summed E-state index contributed by atoms with van der Waals surface area (Å²) in [7, 11) is 0. The predicted octanol–water partition coefficient (Wildman–Crippen LogP) is 5.05. The summed E-state index contributed by atoms with van der Waals surface area (Å²) in [6.07, 6.45) is 1.53. The van der Waals surface area contributed by atoms with E-state index in [1.54, 1.807) is 19.1 Å². The van der Waals surface area contributed by atoms with E-state index in [2.05, 4.69) is 9.97 Å². The highest BCUT2D eigenvalue weighted by Gasteiger charge is 2.19. The van der Waals surface area contributed by atoms with Crippen molar-refractivity contribution in [2.24, 2.45) is 0 Å². The molecule has 30 heavy (non-hydrogen) atoms. The largest absolute Gasteiger partial charge is 0.461 e. The number of nitro benzene ring substituents is 1. The average Bonchev–Trinajstić information content (AvgIpc) is 2.78. The summed E-state index contributed by atoms with van der Waals surface area (Å²) in [5.41, 5.74) is 2.31. The zero-order valence-electron chi connectivity index (χ0n) is 16.1. The van der Waals surface area contributed by atoms with Crippen LogP contribution in [-0.2, 0) is 4.74 Å². The second-order valence-electron chi connectivity index (χ2n) is 6.54. The van der Waals surface area contributed by atoms with Gasteiger partial charge in [0.05, 0.1) is 23.4 Å². The molecule has 0 atom stereocenters. The van der Waals surface area contributed by atoms with Gasteiger partial charge in [0.25, 0.3) is 5.69 Å². The first kappa shape index (κ1) is 19.2. The molecule has 4 rings (SSSR count). The molecular weight excluding hydrogens is 382 g/mol. The normalized spacial score (nSPS) is 10.7. The number of aromatic nitrogens is 2. The van der Waals surface area contributed by atoms with Crippen LogP contribution in [-0.4, -0.2) is 27.5 Å². The van der Waals surface area contributed by atoms with Crippen molar-refractivity contribution >= 4 is 22.4 Å². The van der Waals surface area contributed by atoms with Gasteiger partial charge in [-0.3, -0.25) is 10.1 Å². The second-order valence-corrected chi connectivity index (χ2v) is 6.54. The van der Waals surface area contributed by atoms with Gasteiger partial charge in [-0.2, -0.15) is 0 Å². The number of nitrogens with zero attached hydrogens (tertiary/aromatic N) is 3. The number of carbonyl (C=O) groups is 1. The standard InChI is InChI=1S/C23H17N3O4/c1-2-30-23(27)22-21(16-9-11-19(12-10-16)26(28)29)25-20(14-24-22)18-8-7-15-5-3-4-6-17(15)13-18/h3-14H,2H2,1H3. The van der Waals surface area contributed by atoms with Crippen LogP contribution in [0.1, 0.15) is 17.4 Å². The van der Waals surface area contributed by atoms with Crippen LogP contribution in [0.5, 0.6) is 0 Å². The molecule has 0 aliphatic heterocycles. The third-order valence-corrected chi connectivity index (χ3v) is 4.64. The van der Waals surface area contributed by atoms with E-state index >= 15 is 0 Å². The molecule has 0 saturated carbocycles. The fourth-order valence-corrected chi connectivity index (χ4v) is 3.17. The number of rotatable bonds is 5. The molecule has 0 fully saturated rings. The molecule has 0 aliphatic carbocycles. The van der Waals surface area contributed by atoms with Crippen LogP contribution in [0.25, 0.3) is 33.3 Å². The smallest absolute Gasteiger partial charge is 0.359 e. The van der Waals surface area contributed by atoms with Gasteiger partial charge in [0.15, 0.2) is 5.69 Å². The van der Waals surface area contributed by atoms with E-state index in [1.165, 1.54) is 18.3 Å². The van der Waals surface area contributed by atoms with Gasteiger partial charge in [-0.1, -0.05) is 36.4 Å². The van der Waals surface area contributed by atoms with Gasteiger partial charge in [-0.15, -0.1) is 0 Å². The van der Waals surface area contributed by atoms with Gasteiger partial charge < -0.3 is 4.74 Å². The molecule has 1 aromatic heterocycles. The fraction of sp³-hybridized carbons (Fsp3) is 0.0870.